The van der Waals surface area contributed by atoms with Crippen molar-refractivity contribution in [3.63, 3.8) is 0 Å². The van der Waals surface area contributed by atoms with Crippen LogP contribution in [0, 0.1) is 5.92 Å². The van der Waals surface area contributed by atoms with Crippen molar-refractivity contribution in [2.24, 2.45) is 5.92 Å². The van der Waals surface area contributed by atoms with E-state index in [1.807, 2.05) is 0 Å². The molecule has 0 amide bonds. The Balaban J connectivity index is 4.74. The lowest BCUT2D eigenvalue weighted by Gasteiger charge is -2.33. The van der Waals surface area contributed by atoms with E-state index in [9.17, 15) is 8.42 Å². The monoisotopic (exact) mass is 257 g/mol. The highest BCUT2D eigenvalue weighted by Crippen LogP contribution is 2.18. The van der Waals surface area contributed by atoms with E-state index in [4.69, 9.17) is 16.7 Å². The van der Waals surface area contributed by atoms with Gasteiger partial charge in [0.1, 0.15) is 0 Å². The maximum atomic E-state index is 11.9. The second-order valence-corrected chi connectivity index (χ2v) is 6.83. The van der Waals surface area contributed by atoms with Gasteiger partial charge < -0.3 is 5.11 Å². The van der Waals surface area contributed by atoms with Crippen LogP contribution in [0.3, 0.4) is 0 Å². The Morgan fingerprint density at radius 2 is 1.93 bits per heavy atom. The van der Waals surface area contributed by atoms with E-state index in [1.54, 1.807) is 20.8 Å². The smallest absolute Gasteiger partial charge is 0.214 e. The van der Waals surface area contributed by atoms with Gasteiger partial charge in [-0.2, -0.15) is 4.31 Å². The number of likely N-dealkylation sites (N-methyl/N-ethyl adjacent to an activating group) is 1. The van der Waals surface area contributed by atoms with Gasteiger partial charge in [0, 0.05) is 12.9 Å². The van der Waals surface area contributed by atoms with E-state index < -0.39 is 15.6 Å². The highest BCUT2D eigenvalue weighted by Gasteiger charge is 2.32. The quantitative estimate of drug-likeness (QED) is 0.719. The fraction of sp³-hybridized carbons (Fsp3) is 1.00. The summed E-state index contributed by atoms with van der Waals surface area (Å²) in [5.41, 5.74) is -0.773. The van der Waals surface area contributed by atoms with Crippen LogP contribution in [-0.4, -0.2) is 48.7 Å². The molecule has 0 bridgehead atoms. The van der Waals surface area contributed by atoms with Crippen molar-refractivity contribution in [1.82, 2.24) is 4.31 Å². The molecule has 1 atom stereocenters. The van der Waals surface area contributed by atoms with Gasteiger partial charge in [-0.3, -0.25) is 0 Å². The molecule has 0 rings (SSSR count). The van der Waals surface area contributed by atoms with Crippen molar-refractivity contribution in [1.29, 1.82) is 0 Å². The number of sulfonamides is 1. The van der Waals surface area contributed by atoms with Gasteiger partial charge in [-0.25, -0.2) is 8.42 Å². The van der Waals surface area contributed by atoms with Gasteiger partial charge in [0.25, 0.3) is 0 Å². The molecule has 15 heavy (non-hydrogen) atoms. The lowest BCUT2D eigenvalue weighted by molar-refractivity contribution is 0.137. The Hall–Kier alpha value is 0.160. The minimum absolute atomic E-state index is 0.0103. The Bertz CT molecular complexity index is 290. The molecule has 0 fully saturated rings. The molecular weight excluding hydrogens is 238 g/mol. The van der Waals surface area contributed by atoms with Crippen LogP contribution in [0.25, 0.3) is 0 Å². The number of rotatable bonds is 6. The fourth-order valence-electron chi connectivity index (χ4n) is 0.992. The highest BCUT2D eigenvalue weighted by atomic mass is 35.5. The van der Waals surface area contributed by atoms with E-state index in [1.165, 1.54) is 11.4 Å². The van der Waals surface area contributed by atoms with Crippen molar-refractivity contribution >= 4 is 21.6 Å². The number of aliphatic hydroxyl groups excluding tert-OH is 1. The molecule has 92 valence electrons. The van der Waals surface area contributed by atoms with Crippen molar-refractivity contribution < 1.29 is 13.5 Å². The first kappa shape index (κ1) is 15.2. The summed E-state index contributed by atoms with van der Waals surface area (Å²) in [6.07, 6.45) is 0. The van der Waals surface area contributed by atoms with Gasteiger partial charge >= 0.3 is 0 Å². The number of hydrogen-bond donors (Lipinski definition) is 1. The zero-order chi connectivity index (χ0) is 12.3. The summed E-state index contributed by atoms with van der Waals surface area (Å²) in [6, 6.07) is 0. The zero-order valence-corrected chi connectivity index (χ0v) is 11.3. The van der Waals surface area contributed by atoms with Crippen molar-refractivity contribution in [3.8, 4) is 0 Å². The molecule has 0 aliphatic carbocycles. The van der Waals surface area contributed by atoms with Crippen LogP contribution >= 0.6 is 11.6 Å². The highest BCUT2D eigenvalue weighted by molar-refractivity contribution is 7.89. The molecule has 0 aromatic heterocycles. The predicted octanol–water partition coefficient (Wildman–Crippen LogP) is 0.894. The van der Waals surface area contributed by atoms with Crippen LogP contribution in [0.5, 0.6) is 0 Å². The topological polar surface area (TPSA) is 57.6 Å². The van der Waals surface area contributed by atoms with Crippen LogP contribution in [0.15, 0.2) is 0 Å². The van der Waals surface area contributed by atoms with Crippen molar-refractivity contribution in [2.45, 2.75) is 26.3 Å². The third kappa shape index (κ3) is 4.26. The van der Waals surface area contributed by atoms with E-state index in [2.05, 4.69) is 0 Å². The molecule has 0 radical (unpaired) electrons. The average Bonchev–Trinajstić information content (AvgIpc) is 2.15. The molecule has 0 aromatic carbocycles. The summed E-state index contributed by atoms with van der Waals surface area (Å²) >= 11 is 5.58. The van der Waals surface area contributed by atoms with Crippen LogP contribution in [-0.2, 0) is 10.0 Å². The van der Waals surface area contributed by atoms with Gasteiger partial charge in [0.15, 0.2) is 0 Å². The number of aliphatic hydroxyl groups is 1. The first-order chi connectivity index (χ1) is 6.67. The molecule has 4 nitrogen and oxygen atoms in total. The molecule has 0 aliphatic rings. The standard InChI is InChI=1S/C9H20ClNO3S/c1-8(5-10)6-15(13,14)11(4)9(2,3)7-12/h8,12H,5-7H2,1-4H3. The summed E-state index contributed by atoms with van der Waals surface area (Å²) in [4.78, 5) is 0. The van der Waals surface area contributed by atoms with Crippen molar-refractivity contribution in [2.75, 3.05) is 25.3 Å². The van der Waals surface area contributed by atoms with Gasteiger partial charge in [0.2, 0.25) is 10.0 Å². The van der Waals surface area contributed by atoms with Gasteiger partial charge in [0.05, 0.1) is 17.9 Å². The van der Waals surface area contributed by atoms with Crippen molar-refractivity contribution in [3.05, 3.63) is 0 Å². The maximum Gasteiger partial charge on any atom is 0.214 e. The molecule has 6 heteroatoms. The molecule has 0 saturated carbocycles. The molecule has 1 unspecified atom stereocenters. The summed E-state index contributed by atoms with van der Waals surface area (Å²) in [6.45, 7) is 4.92. The summed E-state index contributed by atoms with van der Waals surface area (Å²) in [7, 11) is -1.87. The molecule has 0 spiro atoms. The Morgan fingerprint density at radius 3 is 2.27 bits per heavy atom. The van der Waals surface area contributed by atoms with Crippen LogP contribution in [0.1, 0.15) is 20.8 Å². The third-order valence-corrected chi connectivity index (χ3v) is 5.26. The van der Waals surface area contributed by atoms with E-state index in [0.29, 0.717) is 5.88 Å². The Kier molecular flexibility index (Phi) is 5.54. The molecular formula is C9H20ClNO3S. The van der Waals surface area contributed by atoms with Crippen LogP contribution in [0.4, 0.5) is 0 Å². The number of alkyl halides is 1. The lowest BCUT2D eigenvalue weighted by atomic mass is 10.1. The second-order valence-electron chi connectivity index (χ2n) is 4.48. The van der Waals surface area contributed by atoms with Gasteiger partial charge in [-0.05, 0) is 19.8 Å². The van der Waals surface area contributed by atoms with E-state index >= 15 is 0 Å². The predicted molar refractivity (Wildman–Crippen MR) is 62.6 cm³/mol. The van der Waals surface area contributed by atoms with Gasteiger partial charge in [-0.15, -0.1) is 11.6 Å². The Morgan fingerprint density at radius 1 is 1.47 bits per heavy atom. The number of hydrogen-bond acceptors (Lipinski definition) is 3. The largest absolute Gasteiger partial charge is 0.394 e. The zero-order valence-electron chi connectivity index (χ0n) is 9.70. The first-order valence-electron chi connectivity index (χ1n) is 4.81. The van der Waals surface area contributed by atoms with Crippen LogP contribution in [0.2, 0.25) is 0 Å². The second kappa shape index (κ2) is 5.48. The third-order valence-electron chi connectivity index (χ3n) is 2.42. The van der Waals surface area contributed by atoms with Crippen LogP contribution < -0.4 is 0 Å². The normalized spacial score (nSPS) is 15.7. The number of halogens is 1. The SMILES string of the molecule is CC(CCl)CS(=O)(=O)N(C)C(C)(C)CO. The molecule has 0 aliphatic heterocycles. The molecule has 0 aromatic rings. The van der Waals surface area contributed by atoms with Gasteiger partial charge in [-0.1, -0.05) is 6.92 Å². The summed E-state index contributed by atoms with van der Waals surface area (Å²) in [5.74, 6) is 0.233. The summed E-state index contributed by atoms with van der Waals surface area (Å²) < 4.78 is 24.9. The van der Waals surface area contributed by atoms with E-state index in [-0.39, 0.29) is 18.3 Å². The first-order valence-corrected chi connectivity index (χ1v) is 6.95. The molecule has 0 saturated heterocycles. The average molecular weight is 258 g/mol. The van der Waals surface area contributed by atoms with E-state index in [0.717, 1.165) is 0 Å². The maximum absolute atomic E-state index is 11.9. The summed E-state index contributed by atoms with van der Waals surface area (Å²) in [5, 5.41) is 9.09. The minimum Gasteiger partial charge on any atom is -0.394 e. The molecule has 0 heterocycles. The molecule has 1 N–H and O–H groups in total. The minimum atomic E-state index is -3.35. The number of nitrogens with zero attached hydrogens (tertiary/aromatic N) is 1. The Labute approximate surface area is 97.3 Å². The fourth-order valence-corrected chi connectivity index (χ4v) is 3.10. The lowest BCUT2D eigenvalue weighted by Crippen LogP contribution is -2.49.